The molecule has 23 atom stereocenters. The van der Waals surface area contributed by atoms with Crippen LogP contribution in [-0.2, 0) is 68.5 Å². The van der Waals surface area contributed by atoms with E-state index in [2.05, 4.69) is 26.6 Å². The molecule has 35 nitrogen and oxygen atoms in total. The molecule has 6 aromatic carbocycles. The van der Waals surface area contributed by atoms with Crippen LogP contribution < -0.4 is 52.3 Å². The van der Waals surface area contributed by atoms with E-state index in [1.807, 2.05) is 26.0 Å². The Labute approximate surface area is 727 Å². The molecule has 1 aromatic heterocycles. The molecule has 3 fully saturated rings. The van der Waals surface area contributed by atoms with E-state index in [4.69, 9.17) is 72.6 Å². The van der Waals surface area contributed by atoms with Crippen LogP contribution in [0.4, 0.5) is 4.39 Å². The highest BCUT2D eigenvalue weighted by Gasteiger charge is 2.53. The van der Waals surface area contributed by atoms with Gasteiger partial charge in [0.2, 0.25) is 41.6 Å². The van der Waals surface area contributed by atoms with Gasteiger partial charge in [0.25, 0.3) is 0 Å². The maximum atomic E-state index is 16.6. The number of aliphatic hydroxyl groups excluding tert-OH is 8. The third kappa shape index (κ3) is 20.3. The lowest BCUT2D eigenvalue weighted by atomic mass is 9.84. The highest BCUT2D eigenvalue weighted by Crippen LogP contribution is 2.51. The number of halogens is 3. The lowest BCUT2D eigenvalue weighted by Gasteiger charge is -2.46. The fourth-order valence-corrected chi connectivity index (χ4v) is 17.9. The van der Waals surface area contributed by atoms with Gasteiger partial charge in [-0.15, -0.1) is 11.3 Å². The molecule has 21 N–H and O–H groups in total. The van der Waals surface area contributed by atoms with Crippen LogP contribution in [0.2, 0.25) is 10.0 Å². The van der Waals surface area contributed by atoms with Crippen molar-refractivity contribution in [3.05, 3.63) is 164 Å². The largest absolute Gasteiger partial charge is 0.508 e. The van der Waals surface area contributed by atoms with Gasteiger partial charge in [-0.1, -0.05) is 67.4 Å². The van der Waals surface area contributed by atoms with E-state index in [-0.39, 0.29) is 52.6 Å². The molecule has 8 aliphatic heterocycles. The average molecular weight is 1800 g/mol. The number of nitrogens with two attached hydrogens (primary N) is 2. The smallest absolute Gasteiger partial charge is 0.330 e. The van der Waals surface area contributed by atoms with E-state index in [0.29, 0.717) is 12.8 Å². The number of nitrogens with one attached hydrogen (secondary N) is 5. The first-order valence-corrected chi connectivity index (χ1v) is 41.8. The van der Waals surface area contributed by atoms with Gasteiger partial charge >= 0.3 is 5.97 Å². The van der Waals surface area contributed by atoms with Gasteiger partial charge in [-0.3, -0.25) is 33.6 Å². The molecule has 0 aliphatic carbocycles. The number of carboxylic acids is 1. The van der Waals surface area contributed by atoms with Crippen LogP contribution in [0.3, 0.4) is 0 Å². The summed E-state index contributed by atoms with van der Waals surface area (Å²) in [4.78, 5) is 123. The Hall–Kier alpha value is -10.1. The number of amides is 5. The number of phenolic OH excluding ortho intramolecular Hbond substituents is 3. The van der Waals surface area contributed by atoms with Gasteiger partial charge in [-0.05, 0) is 159 Å². The summed E-state index contributed by atoms with van der Waals surface area (Å²) in [5.74, 6) is -19.8. The zero-order valence-corrected chi connectivity index (χ0v) is 70.0. The number of aryl methyl sites for hydroxylation is 1. The van der Waals surface area contributed by atoms with Crippen LogP contribution in [0.5, 0.6) is 46.0 Å². The second-order valence-electron chi connectivity index (χ2n) is 32.6. The van der Waals surface area contributed by atoms with E-state index in [9.17, 15) is 80.1 Å². The number of primary amides is 1. The summed E-state index contributed by atoms with van der Waals surface area (Å²) in [6, 6.07) is 14.1. The lowest BCUT2D eigenvalue weighted by Crippen LogP contribution is -2.64. The number of aliphatic hydroxyl groups is 8. The number of carboxylic acid groups (broad SMARTS) is 1. The number of fused-ring (bicyclic) bond motifs is 15. The number of carbonyl (C=O) groups is 8. The minimum Gasteiger partial charge on any atom is -0.508 e. The van der Waals surface area contributed by atoms with Crippen molar-refractivity contribution in [3.8, 4) is 67.6 Å². The highest BCUT2D eigenvalue weighted by atomic mass is 35.5. The number of phenols is 3. The molecule has 11 bridgehead atoms. The summed E-state index contributed by atoms with van der Waals surface area (Å²) >= 11 is 16.0. The molecule has 125 heavy (non-hydrogen) atoms. The Morgan fingerprint density at radius 3 is 1.99 bits per heavy atom. The number of hydrogen-bond donors (Lipinski definition) is 19. The summed E-state index contributed by atoms with van der Waals surface area (Å²) in [6.07, 6.45) is -29.8. The third-order valence-corrected chi connectivity index (χ3v) is 24.8. The van der Waals surface area contributed by atoms with E-state index < -0.39 is 286 Å². The number of benzene rings is 6. The molecule has 15 rings (SSSR count). The number of ketones is 2. The van der Waals surface area contributed by atoms with Crippen LogP contribution in [0.1, 0.15) is 136 Å². The molecule has 0 radical (unpaired) electrons. The Bertz CT molecular complexity index is 5220. The summed E-state index contributed by atoms with van der Waals surface area (Å²) < 4.78 is 65.2. The number of ether oxygens (including phenoxy) is 8. The summed E-state index contributed by atoms with van der Waals surface area (Å²) in [5, 5.41) is 152. The van der Waals surface area contributed by atoms with Gasteiger partial charge in [-0.2, -0.15) is 0 Å². The highest BCUT2D eigenvalue weighted by molar-refractivity contribution is 7.15. The van der Waals surface area contributed by atoms with Gasteiger partial charge < -0.3 is 137 Å². The molecule has 0 saturated carbocycles. The molecule has 5 amide bonds. The predicted molar refractivity (Wildman–Crippen MR) is 440 cm³/mol. The first kappa shape index (κ1) is 92.6. The number of aliphatic carboxylic acids is 1. The first-order valence-electron chi connectivity index (χ1n) is 40.2. The number of likely N-dealkylation sites (N-methyl/N-ethyl adjacent to an activating group) is 1. The quantitative estimate of drug-likeness (QED) is 0.0487. The van der Waals surface area contributed by atoms with Crippen molar-refractivity contribution in [2.75, 3.05) is 13.7 Å². The van der Waals surface area contributed by atoms with Crippen molar-refractivity contribution >= 4 is 81.6 Å². The molecular formula is C86H96Cl2FN7O28S. The van der Waals surface area contributed by atoms with Crippen molar-refractivity contribution in [1.29, 1.82) is 0 Å². The minimum atomic E-state index is -2.34. The molecule has 8 aliphatic rings. The molecule has 670 valence electrons. The standard InChI is InChI=1S/C86H96Cl2FN7O28S/c1-34(2)21-50(92-5)81(113)95-67-53(101)25-41(28-62(90)103)79(111)93-65-40-26-58(118-55-18-12-38(69(67)104)23-48(55)87)76(123-85-74(109)72(107)77(60(33-97)121-85)124-84-73(108)71(106)70(105)57(120-84)8-6-7-44-16-20-61(125-44)36-9-14-42(89)15-10-36)59(27-40)119-56-19-13-39(24-49(56)88)75(122-63-32-86(4,91)78(110)35(3)117-63)68-82(114)94-66(83(115)116)47-29-43(98)30-52(100)64(47)46-22-37(11-17-51(46)99)45(31-54(65)102)80(112)96-68/h9-20,22-24,26-27,29-30,34-35,41,45,50,57,60,63,65-75,77-78,84-85,92,97-100,104-110H,6-8,21,25,28,31-33,91H2,1-5H3,(H2,90,103)(H,93,111)(H,94,114)(H,95,113)(H,96,112)(H,115,116)/t35-,41+,45-,50+,57+,60+,63?,65+,66-,67?,68-,69+,70-,71-,72+,73+,74+,75+,77+,78-,84-,85-,86-/m0/s1. The van der Waals surface area contributed by atoms with Gasteiger partial charge in [0.05, 0.1) is 52.8 Å². The SMILES string of the molecule is CN[C@H](CC(C)C)C(=O)NC1C(=O)C[C@H](CC(N)=O)C(=O)N[C@H]2C(=O)C[C@@H]3C(=O)N[C@H](C(=O)N[C@H](C(=O)O)c4cc(O)cc(O)c4-c4cc3ccc4O)[C@H](OC3C[C@](C)(N)[C@@H](O)[C@H](C)O3)c3ccc(c(Cl)c3)Oc3cc2cc(c3O[C@@H]2O[C@H](CO)[C@@H](O[C@@H]3O[C@H](CCCc4ccc(-c5ccc(F)cc5)s4)[C@H](O)[C@H](O)[C@H]3O)[C@H](O)[C@H]2O)Oc2ccc(cc2Cl)[C@H]1O. The summed E-state index contributed by atoms with van der Waals surface area (Å²) in [5.41, 5.74) is 9.24. The molecular weight excluding hydrogens is 1700 g/mol. The Morgan fingerprint density at radius 2 is 1.35 bits per heavy atom. The number of Topliss-reactive ketones (excluding diaryl/α,β-unsaturated/α-hetero) is 2. The maximum absolute atomic E-state index is 16.6. The second kappa shape index (κ2) is 38.6. The van der Waals surface area contributed by atoms with Crippen molar-refractivity contribution < 1.29 is 142 Å². The third-order valence-electron chi connectivity index (χ3n) is 23.0. The van der Waals surface area contributed by atoms with E-state index in [1.54, 1.807) is 12.1 Å². The van der Waals surface area contributed by atoms with Crippen LogP contribution in [0.15, 0.2) is 115 Å². The first-order chi connectivity index (χ1) is 59.3. The van der Waals surface area contributed by atoms with Gasteiger partial charge in [0.1, 0.15) is 108 Å². The van der Waals surface area contributed by atoms with Crippen LogP contribution in [0.25, 0.3) is 21.6 Å². The molecule has 0 spiro atoms. The van der Waals surface area contributed by atoms with E-state index >= 15 is 24.0 Å². The Kier molecular flexibility index (Phi) is 28.6. The van der Waals surface area contributed by atoms with Crippen molar-refractivity contribution in [1.82, 2.24) is 26.6 Å². The fraction of sp³-hybridized carbons (Fsp3) is 0.442. The lowest BCUT2D eigenvalue weighted by molar-refractivity contribution is -0.351. The molecule has 9 heterocycles. The molecule has 2 unspecified atom stereocenters. The van der Waals surface area contributed by atoms with Crippen LogP contribution >= 0.6 is 34.5 Å². The fourth-order valence-electron chi connectivity index (χ4n) is 16.3. The number of hydrogen-bond acceptors (Lipinski definition) is 30. The van der Waals surface area contributed by atoms with Gasteiger partial charge in [0.15, 0.2) is 41.7 Å². The molecule has 3 saturated heterocycles. The number of aromatic hydroxyl groups is 3. The second-order valence-corrected chi connectivity index (χ2v) is 34.6. The zero-order valence-electron chi connectivity index (χ0n) is 67.7. The van der Waals surface area contributed by atoms with Crippen molar-refractivity contribution in [3.63, 3.8) is 0 Å². The van der Waals surface area contributed by atoms with Crippen molar-refractivity contribution in [2.45, 2.75) is 213 Å². The van der Waals surface area contributed by atoms with E-state index in [1.165, 1.54) is 68.6 Å². The Balaban J connectivity index is 0.967. The number of rotatable bonds is 20. The minimum absolute atomic E-state index is 0.0603. The average Bonchev–Trinajstić information content (AvgIpc) is 1.12. The maximum Gasteiger partial charge on any atom is 0.330 e. The number of carbonyl (C=O) groups excluding carboxylic acids is 7. The summed E-state index contributed by atoms with van der Waals surface area (Å²) in [6.45, 7) is 5.49. The molecule has 7 aromatic rings. The van der Waals surface area contributed by atoms with Crippen LogP contribution in [0, 0.1) is 17.7 Å². The predicted octanol–water partition coefficient (Wildman–Crippen LogP) is 4.80. The summed E-state index contributed by atoms with van der Waals surface area (Å²) in [7, 11) is 1.48. The van der Waals surface area contributed by atoms with Crippen LogP contribution in [-0.4, -0.2) is 226 Å². The van der Waals surface area contributed by atoms with Gasteiger partial charge in [0, 0.05) is 63.7 Å². The normalized spacial score (nSPS) is 29.9. The van der Waals surface area contributed by atoms with Gasteiger partial charge in [-0.25, -0.2) is 9.18 Å². The zero-order chi connectivity index (χ0) is 90.2. The molecule has 39 heteroatoms. The topological polar surface area (TPSA) is 565 Å². The van der Waals surface area contributed by atoms with Crippen molar-refractivity contribution in [2.24, 2.45) is 23.3 Å². The Morgan fingerprint density at radius 1 is 0.696 bits per heavy atom. The number of thiophene rings is 1. The van der Waals surface area contributed by atoms with E-state index in [0.717, 1.165) is 69.9 Å². The monoisotopic (exact) mass is 1800 g/mol.